The number of piperazine rings is 1. The van der Waals surface area contributed by atoms with Crippen LogP contribution in [0.5, 0.6) is 0 Å². The number of nitrogens with one attached hydrogen (secondary N) is 2. The van der Waals surface area contributed by atoms with Gasteiger partial charge >= 0.3 is 0 Å². The van der Waals surface area contributed by atoms with Crippen molar-refractivity contribution in [3.05, 3.63) is 96.1 Å². The van der Waals surface area contributed by atoms with Crippen LogP contribution in [0.1, 0.15) is 16.7 Å². The predicted octanol–water partition coefficient (Wildman–Crippen LogP) is 5.92. The van der Waals surface area contributed by atoms with Gasteiger partial charge in [-0.1, -0.05) is 17.3 Å². The molecule has 0 radical (unpaired) electrons. The summed E-state index contributed by atoms with van der Waals surface area (Å²) in [7, 11) is 2.18. The first-order valence-electron chi connectivity index (χ1n) is 13.9. The zero-order chi connectivity index (χ0) is 28.2. The average Bonchev–Trinajstić information content (AvgIpc) is 3.44. The number of anilines is 4. The molecule has 0 bridgehead atoms. The third-order valence-corrected chi connectivity index (χ3v) is 7.48. The molecule has 2 aromatic carbocycles. The maximum absolute atomic E-state index is 5.41. The van der Waals surface area contributed by atoms with Crippen molar-refractivity contribution in [2.24, 2.45) is 0 Å². The van der Waals surface area contributed by atoms with Crippen LogP contribution in [0.4, 0.5) is 23.0 Å². The van der Waals surface area contributed by atoms with Crippen LogP contribution in [0.15, 0.2) is 83.9 Å². The van der Waals surface area contributed by atoms with E-state index in [1.54, 1.807) is 24.8 Å². The first-order valence-corrected chi connectivity index (χ1v) is 13.9. The van der Waals surface area contributed by atoms with Gasteiger partial charge in [-0.2, -0.15) is 0 Å². The van der Waals surface area contributed by atoms with Crippen LogP contribution >= 0.6 is 0 Å². The topological polar surface area (TPSA) is 95.2 Å². The summed E-state index contributed by atoms with van der Waals surface area (Å²) in [6.45, 7) is 9.10. The largest absolute Gasteiger partial charge is 0.381 e. The van der Waals surface area contributed by atoms with Crippen LogP contribution in [-0.2, 0) is 6.54 Å². The summed E-state index contributed by atoms with van der Waals surface area (Å²) >= 11 is 0. The van der Waals surface area contributed by atoms with E-state index < -0.39 is 0 Å². The van der Waals surface area contributed by atoms with Gasteiger partial charge in [0.2, 0.25) is 5.95 Å². The Morgan fingerprint density at radius 1 is 0.854 bits per heavy atom. The molecule has 0 atom stereocenters. The summed E-state index contributed by atoms with van der Waals surface area (Å²) in [5.41, 5.74) is 9.09. The average molecular weight is 547 g/mol. The van der Waals surface area contributed by atoms with E-state index in [9.17, 15) is 0 Å². The lowest BCUT2D eigenvalue weighted by Crippen LogP contribution is -2.44. The number of likely N-dealkylation sites (N-methyl/N-ethyl adjacent to an activating group) is 1. The molecule has 0 spiro atoms. The van der Waals surface area contributed by atoms with Crippen molar-refractivity contribution in [2.45, 2.75) is 20.4 Å². The number of aryl methyl sites for hydroxylation is 2. The molecule has 1 saturated heterocycles. The third kappa shape index (κ3) is 6.20. The number of rotatable bonds is 8. The molecule has 9 nitrogen and oxygen atoms in total. The SMILES string of the molecule is Cc1ccc(CNc2ccc(N3CCN(C)CC3)cc2)cc1Nc1nccc(-c2cncc(-c3oncc3C)c2)n1. The molecule has 0 saturated carbocycles. The van der Waals surface area contributed by atoms with Gasteiger partial charge in [-0.15, -0.1) is 0 Å². The molecule has 3 aromatic heterocycles. The van der Waals surface area contributed by atoms with Crippen molar-refractivity contribution < 1.29 is 4.52 Å². The molecule has 6 rings (SSSR count). The quantitative estimate of drug-likeness (QED) is 0.246. The Labute approximate surface area is 240 Å². The second-order valence-electron chi connectivity index (χ2n) is 10.5. The van der Waals surface area contributed by atoms with E-state index in [4.69, 9.17) is 9.51 Å². The number of hydrogen-bond acceptors (Lipinski definition) is 9. The summed E-state index contributed by atoms with van der Waals surface area (Å²) in [5, 5.41) is 10.9. The molecule has 1 aliphatic rings. The van der Waals surface area contributed by atoms with Gasteiger partial charge < -0.3 is 25.0 Å². The van der Waals surface area contributed by atoms with E-state index in [0.717, 1.165) is 71.1 Å². The zero-order valence-electron chi connectivity index (χ0n) is 23.6. The van der Waals surface area contributed by atoms with Gasteiger partial charge in [0, 0.05) is 85.1 Å². The minimum Gasteiger partial charge on any atom is -0.381 e. The van der Waals surface area contributed by atoms with Crippen molar-refractivity contribution >= 4 is 23.0 Å². The highest BCUT2D eigenvalue weighted by atomic mass is 16.5. The molecular formula is C32H34N8O. The second kappa shape index (κ2) is 11.8. The molecule has 1 aliphatic heterocycles. The number of nitrogens with zero attached hydrogens (tertiary/aromatic N) is 6. The summed E-state index contributed by atoms with van der Waals surface area (Å²) in [6, 6.07) is 19.0. The molecule has 41 heavy (non-hydrogen) atoms. The molecule has 0 unspecified atom stereocenters. The molecule has 4 heterocycles. The van der Waals surface area contributed by atoms with Crippen LogP contribution in [0.2, 0.25) is 0 Å². The maximum atomic E-state index is 5.41. The number of pyridine rings is 1. The highest BCUT2D eigenvalue weighted by molar-refractivity contribution is 5.69. The van der Waals surface area contributed by atoms with Gasteiger partial charge in [-0.05, 0) is 74.5 Å². The van der Waals surface area contributed by atoms with Crippen LogP contribution in [0.25, 0.3) is 22.6 Å². The molecule has 2 N–H and O–H groups in total. The van der Waals surface area contributed by atoms with Crippen molar-refractivity contribution in [1.29, 1.82) is 0 Å². The van der Waals surface area contributed by atoms with Gasteiger partial charge in [0.25, 0.3) is 0 Å². The van der Waals surface area contributed by atoms with Crippen molar-refractivity contribution in [1.82, 2.24) is 25.0 Å². The van der Waals surface area contributed by atoms with Crippen molar-refractivity contribution in [2.75, 3.05) is 48.8 Å². The fraction of sp³-hybridized carbons (Fsp3) is 0.250. The highest BCUT2D eigenvalue weighted by Gasteiger charge is 2.14. The second-order valence-corrected chi connectivity index (χ2v) is 10.5. The summed E-state index contributed by atoms with van der Waals surface area (Å²) in [6.07, 6.45) is 7.01. The van der Waals surface area contributed by atoms with Gasteiger partial charge in [0.1, 0.15) is 0 Å². The van der Waals surface area contributed by atoms with Crippen molar-refractivity contribution in [3.8, 4) is 22.6 Å². The lowest BCUT2D eigenvalue weighted by Gasteiger charge is -2.34. The zero-order valence-corrected chi connectivity index (χ0v) is 23.6. The van der Waals surface area contributed by atoms with E-state index >= 15 is 0 Å². The Kier molecular flexibility index (Phi) is 7.60. The smallest absolute Gasteiger partial charge is 0.227 e. The Hall–Kier alpha value is -4.76. The minimum atomic E-state index is 0.524. The van der Waals surface area contributed by atoms with Crippen LogP contribution in [-0.4, -0.2) is 58.2 Å². The lowest BCUT2D eigenvalue weighted by atomic mass is 10.1. The molecular weight excluding hydrogens is 512 g/mol. The standard InChI is InChI=1S/C32H34N8O/c1-22-4-5-24(19-35-27-6-8-28(9-7-27)40-14-12-39(3)13-15-40)16-30(22)38-32-34-11-10-29(37-32)25-17-26(21-33-20-25)31-23(2)18-36-41-31/h4-11,16-18,20-21,35H,12-15,19H2,1-3H3,(H,34,37,38). The molecule has 5 aromatic rings. The third-order valence-electron chi connectivity index (χ3n) is 7.48. The van der Waals surface area contributed by atoms with E-state index in [0.29, 0.717) is 18.3 Å². The highest BCUT2D eigenvalue weighted by Crippen LogP contribution is 2.28. The van der Waals surface area contributed by atoms with Gasteiger partial charge in [0.05, 0.1) is 11.9 Å². The minimum absolute atomic E-state index is 0.524. The number of hydrogen-bond donors (Lipinski definition) is 2. The summed E-state index contributed by atoms with van der Waals surface area (Å²) in [4.78, 5) is 18.5. The molecule has 0 aliphatic carbocycles. The van der Waals surface area contributed by atoms with Gasteiger partial charge in [-0.25, -0.2) is 9.97 Å². The van der Waals surface area contributed by atoms with Crippen molar-refractivity contribution in [3.63, 3.8) is 0 Å². The molecule has 0 amide bonds. The number of benzene rings is 2. The predicted molar refractivity (Wildman–Crippen MR) is 163 cm³/mol. The van der Waals surface area contributed by atoms with Gasteiger partial charge in [0.15, 0.2) is 5.76 Å². The van der Waals surface area contributed by atoms with E-state index in [1.807, 2.05) is 19.1 Å². The van der Waals surface area contributed by atoms with E-state index in [2.05, 4.69) is 92.0 Å². The maximum Gasteiger partial charge on any atom is 0.227 e. The first-order chi connectivity index (χ1) is 20.0. The van der Waals surface area contributed by atoms with Crippen LogP contribution in [0.3, 0.4) is 0 Å². The van der Waals surface area contributed by atoms with Crippen LogP contribution < -0.4 is 15.5 Å². The fourth-order valence-corrected chi connectivity index (χ4v) is 4.95. The fourth-order valence-electron chi connectivity index (χ4n) is 4.95. The normalized spacial score (nSPS) is 13.8. The van der Waals surface area contributed by atoms with Crippen LogP contribution in [0, 0.1) is 13.8 Å². The Balaban J connectivity index is 1.12. The summed E-state index contributed by atoms with van der Waals surface area (Å²) in [5.74, 6) is 1.23. The Morgan fingerprint density at radius 2 is 1.66 bits per heavy atom. The Morgan fingerprint density at radius 3 is 2.44 bits per heavy atom. The first kappa shape index (κ1) is 26.5. The van der Waals surface area contributed by atoms with E-state index in [1.165, 1.54) is 5.69 Å². The molecule has 9 heteroatoms. The van der Waals surface area contributed by atoms with Gasteiger partial charge in [-0.3, -0.25) is 4.98 Å². The Bertz CT molecular complexity index is 1620. The number of aromatic nitrogens is 4. The molecule has 1 fully saturated rings. The molecule has 208 valence electrons. The van der Waals surface area contributed by atoms with E-state index in [-0.39, 0.29) is 0 Å². The summed E-state index contributed by atoms with van der Waals surface area (Å²) < 4.78 is 5.41. The monoisotopic (exact) mass is 546 g/mol. The lowest BCUT2D eigenvalue weighted by molar-refractivity contribution is 0.313.